The van der Waals surface area contributed by atoms with Crippen molar-refractivity contribution in [2.75, 3.05) is 13.7 Å². The standard InChI is InChI=1S/C12H16ClNO2/c1-15-10-5-4-8(13)7-9(10)12(14)11-3-2-6-16-11/h4-5,7,11-12H,2-3,6,14H2,1H3. The van der Waals surface area contributed by atoms with E-state index in [2.05, 4.69) is 0 Å². The summed E-state index contributed by atoms with van der Waals surface area (Å²) in [5.41, 5.74) is 7.10. The fourth-order valence-electron chi connectivity index (χ4n) is 2.05. The minimum Gasteiger partial charge on any atom is -0.496 e. The Morgan fingerprint density at radius 2 is 2.38 bits per heavy atom. The van der Waals surface area contributed by atoms with Crippen molar-refractivity contribution in [1.29, 1.82) is 0 Å². The highest BCUT2D eigenvalue weighted by Crippen LogP contribution is 2.32. The molecule has 0 bridgehead atoms. The van der Waals surface area contributed by atoms with Gasteiger partial charge < -0.3 is 15.2 Å². The molecule has 2 rings (SSSR count). The molecule has 1 heterocycles. The van der Waals surface area contributed by atoms with Gasteiger partial charge in [0.1, 0.15) is 5.75 Å². The Balaban J connectivity index is 2.26. The zero-order valence-corrected chi connectivity index (χ0v) is 10.0. The third-order valence-corrected chi connectivity index (χ3v) is 3.15. The predicted molar refractivity (Wildman–Crippen MR) is 63.9 cm³/mol. The molecule has 2 N–H and O–H groups in total. The zero-order valence-electron chi connectivity index (χ0n) is 9.28. The summed E-state index contributed by atoms with van der Waals surface area (Å²) in [5, 5.41) is 0.671. The zero-order chi connectivity index (χ0) is 11.5. The van der Waals surface area contributed by atoms with E-state index in [1.807, 2.05) is 12.1 Å². The van der Waals surface area contributed by atoms with Gasteiger partial charge in [0.05, 0.1) is 19.3 Å². The van der Waals surface area contributed by atoms with E-state index in [0.29, 0.717) is 5.02 Å². The van der Waals surface area contributed by atoms with Crippen molar-refractivity contribution in [2.45, 2.75) is 25.0 Å². The summed E-state index contributed by atoms with van der Waals surface area (Å²) >= 11 is 5.97. The Morgan fingerprint density at radius 1 is 1.56 bits per heavy atom. The number of hydrogen-bond donors (Lipinski definition) is 1. The summed E-state index contributed by atoms with van der Waals surface area (Å²) in [6, 6.07) is 5.32. The summed E-state index contributed by atoms with van der Waals surface area (Å²) in [4.78, 5) is 0. The van der Waals surface area contributed by atoms with Gasteiger partial charge in [-0.05, 0) is 31.0 Å². The molecule has 0 amide bonds. The van der Waals surface area contributed by atoms with Gasteiger partial charge in [0.15, 0.2) is 0 Å². The number of hydrogen-bond acceptors (Lipinski definition) is 3. The number of methoxy groups -OCH3 is 1. The molecule has 1 aromatic carbocycles. The van der Waals surface area contributed by atoms with Gasteiger partial charge in [-0.15, -0.1) is 0 Å². The topological polar surface area (TPSA) is 44.5 Å². The fraction of sp³-hybridized carbons (Fsp3) is 0.500. The molecule has 2 atom stereocenters. The number of benzene rings is 1. The second-order valence-corrected chi connectivity index (χ2v) is 4.40. The maximum atomic E-state index is 6.18. The van der Waals surface area contributed by atoms with Gasteiger partial charge in [0, 0.05) is 17.2 Å². The lowest BCUT2D eigenvalue weighted by Crippen LogP contribution is -2.25. The molecule has 1 aromatic rings. The quantitative estimate of drug-likeness (QED) is 0.885. The Labute approximate surface area is 100 Å². The van der Waals surface area contributed by atoms with Crippen LogP contribution in [-0.2, 0) is 4.74 Å². The third kappa shape index (κ3) is 2.32. The first kappa shape index (κ1) is 11.7. The molecule has 3 nitrogen and oxygen atoms in total. The van der Waals surface area contributed by atoms with E-state index in [-0.39, 0.29) is 12.1 Å². The van der Waals surface area contributed by atoms with Crippen molar-refractivity contribution in [3.63, 3.8) is 0 Å². The summed E-state index contributed by atoms with van der Waals surface area (Å²) < 4.78 is 10.9. The van der Waals surface area contributed by atoms with Crippen LogP contribution in [0, 0.1) is 0 Å². The van der Waals surface area contributed by atoms with Gasteiger partial charge in [-0.2, -0.15) is 0 Å². The van der Waals surface area contributed by atoms with Crippen molar-refractivity contribution in [2.24, 2.45) is 5.73 Å². The van der Waals surface area contributed by atoms with Crippen LogP contribution in [0.15, 0.2) is 18.2 Å². The van der Waals surface area contributed by atoms with E-state index < -0.39 is 0 Å². The number of ether oxygens (including phenoxy) is 2. The molecular formula is C12H16ClNO2. The SMILES string of the molecule is COc1ccc(Cl)cc1C(N)C1CCCO1. The van der Waals surface area contributed by atoms with E-state index >= 15 is 0 Å². The van der Waals surface area contributed by atoms with Crippen LogP contribution >= 0.6 is 11.6 Å². The second kappa shape index (κ2) is 5.04. The molecule has 1 aliphatic heterocycles. The maximum absolute atomic E-state index is 6.18. The molecule has 1 aliphatic rings. The number of rotatable bonds is 3. The Hall–Kier alpha value is -0.770. The average Bonchev–Trinajstić information content (AvgIpc) is 2.81. The summed E-state index contributed by atoms with van der Waals surface area (Å²) in [6.07, 6.45) is 2.14. The first-order chi connectivity index (χ1) is 7.72. The minimum absolute atomic E-state index is 0.0763. The second-order valence-electron chi connectivity index (χ2n) is 3.96. The molecule has 2 unspecified atom stereocenters. The van der Waals surface area contributed by atoms with E-state index in [0.717, 1.165) is 30.8 Å². The van der Waals surface area contributed by atoms with Crippen molar-refractivity contribution in [3.8, 4) is 5.75 Å². The molecular weight excluding hydrogens is 226 g/mol. The molecule has 0 radical (unpaired) electrons. The van der Waals surface area contributed by atoms with Crippen LogP contribution in [-0.4, -0.2) is 19.8 Å². The summed E-state index contributed by atoms with van der Waals surface area (Å²) in [6.45, 7) is 0.793. The average molecular weight is 242 g/mol. The molecule has 0 saturated carbocycles. The molecule has 88 valence electrons. The number of halogens is 1. The Morgan fingerprint density at radius 3 is 3.00 bits per heavy atom. The van der Waals surface area contributed by atoms with E-state index in [9.17, 15) is 0 Å². The lowest BCUT2D eigenvalue weighted by atomic mass is 9.99. The lowest BCUT2D eigenvalue weighted by Gasteiger charge is -2.21. The van der Waals surface area contributed by atoms with Crippen LogP contribution in [0.5, 0.6) is 5.75 Å². The summed E-state index contributed by atoms with van der Waals surface area (Å²) in [7, 11) is 1.63. The lowest BCUT2D eigenvalue weighted by molar-refractivity contribution is 0.0893. The Bertz CT molecular complexity index is 364. The van der Waals surface area contributed by atoms with Gasteiger partial charge in [-0.1, -0.05) is 11.6 Å². The van der Waals surface area contributed by atoms with E-state index in [4.69, 9.17) is 26.8 Å². The Kier molecular flexibility index (Phi) is 3.69. The van der Waals surface area contributed by atoms with Crippen LogP contribution in [0.3, 0.4) is 0 Å². The molecule has 1 saturated heterocycles. The largest absolute Gasteiger partial charge is 0.496 e. The van der Waals surface area contributed by atoms with Gasteiger partial charge >= 0.3 is 0 Å². The van der Waals surface area contributed by atoms with Crippen LogP contribution < -0.4 is 10.5 Å². The third-order valence-electron chi connectivity index (χ3n) is 2.92. The van der Waals surface area contributed by atoms with Gasteiger partial charge in [0.25, 0.3) is 0 Å². The van der Waals surface area contributed by atoms with Gasteiger partial charge in [-0.25, -0.2) is 0 Å². The smallest absolute Gasteiger partial charge is 0.123 e. The van der Waals surface area contributed by atoms with Crippen LogP contribution in [0.4, 0.5) is 0 Å². The highest BCUT2D eigenvalue weighted by atomic mass is 35.5. The van der Waals surface area contributed by atoms with Crippen LogP contribution in [0.25, 0.3) is 0 Å². The molecule has 0 spiro atoms. The molecule has 0 aliphatic carbocycles. The van der Waals surface area contributed by atoms with Crippen molar-refractivity contribution < 1.29 is 9.47 Å². The molecule has 1 fully saturated rings. The monoisotopic (exact) mass is 241 g/mol. The first-order valence-electron chi connectivity index (χ1n) is 5.43. The van der Waals surface area contributed by atoms with Gasteiger partial charge in [-0.3, -0.25) is 0 Å². The van der Waals surface area contributed by atoms with Crippen molar-refractivity contribution in [3.05, 3.63) is 28.8 Å². The first-order valence-corrected chi connectivity index (χ1v) is 5.81. The molecule has 16 heavy (non-hydrogen) atoms. The van der Waals surface area contributed by atoms with Crippen LogP contribution in [0.1, 0.15) is 24.4 Å². The van der Waals surface area contributed by atoms with E-state index in [1.54, 1.807) is 13.2 Å². The van der Waals surface area contributed by atoms with Gasteiger partial charge in [0.2, 0.25) is 0 Å². The fourth-order valence-corrected chi connectivity index (χ4v) is 2.23. The van der Waals surface area contributed by atoms with Crippen LogP contribution in [0.2, 0.25) is 5.02 Å². The van der Waals surface area contributed by atoms with Crippen molar-refractivity contribution >= 4 is 11.6 Å². The predicted octanol–water partition coefficient (Wildman–Crippen LogP) is 2.53. The maximum Gasteiger partial charge on any atom is 0.123 e. The summed E-state index contributed by atoms with van der Waals surface area (Å²) in [5.74, 6) is 0.771. The number of nitrogens with two attached hydrogens (primary N) is 1. The molecule has 0 aromatic heterocycles. The molecule has 4 heteroatoms. The highest BCUT2D eigenvalue weighted by Gasteiger charge is 2.26. The normalized spacial score (nSPS) is 22.1. The minimum atomic E-state index is -0.170. The highest BCUT2D eigenvalue weighted by molar-refractivity contribution is 6.30. The van der Waals surface area contributed by atoms with Crippen molar-refractivity contribution in [1.82, 2.24) is 0 Å². The van der Waals surface area contributed by atoms with E-state index in [1.165, 1.54) is 0 Å².